The molecule has 0 amide bonds. The number of pyridine rings is 1. The fraction of sp³-hybridized carbons (Fsp3) is 0.750. The number of hydrogen-bond acceptors (Lipinski definition) is 1. The monoisotopic (exact) mass is 343 g/mol. The first-order valence-electron chi connectivity index (χ1n) is 9.44. The van der Waals surface area contributed by atoms with E-state index < -0.39 is 0 Å². The summed E-state index contributed by atoms with van der Waals surface area (Å²) in [4.78, 5) is 3.78. The van der Waals surface area contributed by atoms with Gasteiger partial charge in [0.05, 0.1) is 7.18 Å². The quantitative estimate of drug-likeness (QED) is 0.437. The maximum Gasteiger partial charge on any atom is 0.351 e. The highest BCUT2D eigenvalue weighted by atomic mass is 19.1. The Morgan fingerprint density at radius 1 is 0.750 bits per heavy atom. The van der Waals surface area contributed by atoms with Gasteiger partial charge in [0.15, 0.2) is 0 Å². The second kappa shape index (κ2) is 43.1. The lowest BCUT2D eigenvalue weighted by atomic mass is 10.0. The molecule has 143 valence electrons. The Kier molecular flexibility index (Phi) is 55.6. The van der Waals surface area contributed by atoms with Crippen molar-refractivity contribution < 1.29 is 8.71 Å². The van der Waals surface area contributed by atoms with E-state index in [1.807, 2.05) is 32.0 Å². The van der Waals surface area contributed by atoms with Gasteiger partial charge in [-0.25, -0.2) is 0 Å². The molecule has 2 aliphatic rings. The predicted octanol–water partition coefficient (Wildman–Crippen LogP) is 7.85. The van der Waals surface area contributed by atoms with Gasteiger partial charge in [0, 0.05) is 12.4 Å². The third-order valence-electron chi connectivity index (χ3n) is 2.57. The summed E-state index contributed by atoms with van der Waals surface area (Å²) >= 11 is 0. The zero-order valence-electron chi connectivity index (χ0n) is 17.0. The average Bonchev–Trinajstić information content (AvgIpc) is 2.51. The van der Waals surface area contributed by atoms with Crippen molar-refractivity contribution >= 4 is 7.56 Å². The fourth-order valence-corrected chi connectivity index (χ4v) is 0.813. The highest BCUT2D eigenvalue weighted by molar-refractivity contribution is 6.23. The van der Waals surface area contributed by atoms with Crippen LogP contribution < -0.4 is 0 Å². The lowest BCUT2D eigenvalue weighted by Crippen LogP contribution is -1.85. The van der Waals surface area contributed by atoms with Gasteiger partial charge < -0.3 is 4.32 Å². The van der Waals surface area contributed by atoms with Gasteiger partial charge >= 0.3 is 7.56 Å². The van der Waals surface area contributed by atoms with Gasteiger partial charge in [-0.1, -0.05) is 98.4 Å². The molecule has 1 aromatic heterocycles. The summed E-state index contributed by atoms with van der Waals surface area (Å²) in [6, 6.07) is 5.72. The highest BCUT2D eigenvalue weighted by Crippen LogP contribution is 2.15. The predicted molar refractivity (Wildman–Crippen MR) is 108 cm³/mol. The number of aromatic nitrogens is 1. The Morgan fingerprint density at radius 2 is 0.958 bits per heavy atom. The maximum absolute atomic E-state index is 10.2. The number of halogens is 2. The van der Waals surface area contributed by atoms with Crippen LogP contribution in [0.4, 0.5) is 8.71 Å². The van der Waals surface area contributed by atoms with Crippen molar-refractivity contribution in [1.82, 2.24) is 4.98 Å². The van der Waals surface area contributed by atoms with Crippen molar-refractivity contribution in [3.05, 3.63) is 30.6 Å². The molecule has 24 heavy (non-hydrogen) atoms. The van der Waals surface area contributed by atoms with E-state index in [-0.39, 0.29) is 0 Å². The normalized spacial score (nSPS) is 11.8. The minimum atomic E-state index is 0.500. The zero-order chi connectivity index (χ0) is 19.3. The van der Waals surface area contributed by atoms with E-state index in [0.29, 0.717) is 14.7 Å². The van der Waals surface area contributed by atoms with E-state index in [4.69, 9.17) is 0 Å². The molecule has 0 saturated heterocycles. The maximum atomic E-state index is 10.2. The van der Waals surface area contributed by atoms with Gasteiger partial charge in [0.25, 0.3) is 0 Å². The van der Waals surface area contributed by atoms with Crippen LogP contribution in [0.15, 0.2) is 30.6 Å². The van der Waals surface area contributed by atoms with E-state index in [0.717, 1.165) is 0 Å². The van der Waals surface area contributed by atoms with Gasteiger partial charge in [-0.3, -0.25) is 9.37 Å². The van der Waals surface area contributed by atoms with Crippen molar-refractivity contribution in [3.63, 3.8) is 0 Å². The molecule has 3 rings (SSSR count). The summed E-state index contributed by atoms with van der Waals surface area (Å²) in [5, 5.41) is 0. The Balaban J connectivity index is -0.000000101. The number of alkyl halides is 1. The standard InChI is InChI=1S/C5H5N.2C4H8.C3H8.C2H6.CH3BF.CH3F/c1-2-4-6-5-3-1;2*1-2-4-3-1;1-3-2;1-2;1-2-3;1-2/h1-5H;2*1-4H2;3H2,1-2H3;1-2H3;1H3;1H3/i;;;;;;2-1. The summed E-state index contributed by atoms with van der Waals surface area (Å²) in [7, 11) is 1.00. The molecule has 2 aliphatic carbocycles. The van der Waals surface area contributed by atoms with Crippen molar-refractivity contribution in [2.75, 3.05) is 7.18 Å². The molecular weight excluding hydrogens is 302 g/mol. The van der Waals surface area contributed by atoms with Gasteiger partial charge in [0.2, 0.25) is 0 Å². The van der Waals surface area contributed by atoms with Gasteiger partial charge in [-0.2, -0.15) is 0 Å². The van der Waals surface area contributed by atoms with E-state index in [1.165, 1.54) is 64.6 Å². The molecule has 0 aliphatic heterocycles. The second-order valence-corrected chi connectivity index (χ2v) is 4.78. The molecular formula is C20H41BF2N. The molecule has 0 N–H and O–H groups in total. The van der Waals surface area contributed by atoms with Crippen LogP contribution in [-0.4, -0.2) is 19.7 Å². The first kappa shape index (κ1) is 30.9. The molecule has 0 spiro atoms. The number of hydrogen-bond donors (Lipinski definition) is 0. The Morgan fingerprint density at radius 3 is 1.00 bits per heavy atom. The summed E-state index contributed by atoms with van der Waals surface area (Å²) < 4.78 is 19.7. The molecule has 0 bridgehead atoms. The first-order valence-corrected chi connectivity index (χ1v) is 9.44. The van der Waals surface area contributed by atoms with Crippen LogP contribution in [0.3, 0.4) is 0 Å². The van der Waals surface area contributed by atoms with Crippen molar-refractivity contribution in [3.8, 4) is 0 Å². The highest BCUT2D eigenvalue weighted by Gasteiger charge is 1.95. The lowest BCUT2D eigenvalue weighted by Gasteiger charge is -2.05. The van der Waals surface area contributed by atoms with Crippen molar-refractivity contribution in [1.29, 1.82) is 0 Å². The van der Waals surface area contributed by atoms with Crippen molar-refractivity contribution in [2.24, 2.45) is 0 Å². The topological polar surface area (TPSA) is 12.9 Å². The summed E-state index contributed by atoms with van der Waals surface area (Å²) in [5.41, 5.74) is 0. The lowest BCUT2D eigenvalue weighted by molar-refractivity contribution is 0.504. The van der Waals surface area contributed by atoms with E-state index in [9.17, 15) is 8.71 Å². The van der Waals surface area contributed by atoms with Gasteiger partial charge in [-0.15, -0.1) is 0 Å². The summed E-state index contributed by atoms with van der Waals surface area (Å²) in [5.74, 6) is 0. The number of nitrogens with zero attached hydrogens (tertiary/aromatic N) is 1. The Bertz CT molecular complexity index is 184. The molecule has 4 heteroatoms. The van der Waals surface area contributed by atoms with Gasteiger partial charge in [0.1, 0.15) is 0 Å². The van der Waals surface area contributed by atoms with Crippen molar-refractivity contribution in [2.45, 2.75) is 92.3 Å². The smallest absolute Gasteiger partial charge is 0.343 e. The van der Waals surface area contributed by atoms with Crippen LogP contribution in [0.25, 0.3) is 0 Å². The molecule has 1 nitrogen and oxygen atoms in total. The summed E-state index contributed by atoms with van der Waals surface area (Å²) in [6.07, 6.45) is 16.8. The minimum Gasteiger partial charge on any atom is -0.343 e. The van der Waals surface area contributed by atoms with E-state index in [2.05, 4.69) is 18.8 Å². The molecule has 1 heterocycles. The first-order chi connectivity index (χ1) is 11.8. The summed E-state index contributed by atoms with van der Waals surface area (Å²) in [6.45, 7) is 9.58. The molecule has 2 fully saturated rings. The van der Waals surface area contributed by atoms with E-state index >= 15 is 0 Å². The Hall–Kier alpha value is -0.925. The largest absolute Gasteiger partial charge is 0.351 e. The van der Waals surface area contributed by atoms with Crippen LogP contribution >= 0.6 is 0 Å². The minimum absolute atomic E-state index is 0.500. The molecule has 1 aromatic rings. The van der Waals surface area contributed by atoms with Crippen LogP contribution in [0, 0.1) is 0 Å². The number of rotatable bonds is 0. The molecule has 0 atom stereocenters. The van der Waals surface area contributed by atoms with Crippen LogP contribution in [0.5, 0.6) is 0 Å². The zero-order valence-corrected chi connectivity index (χ0v) is 17.0. The third-order valence-corrected chi connectivity index (χ3v) is 2.57. The second-order valence-electron chi connectivity index (χ2n) is 4.78. The molecule has 0 aromatic carbocycles. The fourth-order valence-electron chi connectivity index (χ4n) is 0.813. The SMILES string of the molecule is C1CCC1.C1CCC1.CC.CCC.C[18F].C[B]F.c1ccncc1. The van der Waals surface area contributed by atoms with Gasteiger partial charge in [-0.05, 0) is 12.1 Å². The molecule has 1 radical (unpaired) electrons. The molecule has 0 unspecified atom stereocenters. The average molecular weight is 343 g/mol. The van der Waals surface area contributed by atoms with E-state index in [1.54, 1.807) is 12.4 Å². The van der Waals surface area contributed by atoms with Crippen LogP contribution in [0.1, 0.15) is 85.5 Å². The van der Waals surface area contributed by atoms with Crippen LogP contribution in [-0.2, 0) is 0 Å². The molecule has 2 saturated carbocycles. The third kappa shape index (κ3) is 49.7. The van der Waals surface area contributed by atoms with Crippen LogP contribution in [0.2, 0.25) is 6.82 Å². The Labute approximate surface area is 152 Å².